The van der Waals surface area contributed by atoms with Crippen LogP contribution < -0.4 is 10.0 Å². The molecule has 1 aromatic rings. The second-order valence-corrected chi connectivity index (χ2v) is 7.95. The van der Waals surface area contributed by atoms with Gasteiger partial charge in [-0.25, -0.2) is 8.42 Å². The van der Waals surface area contributed by atoms with Gasteiger partial charge in [-0.3, -0.25) is 4.79 Å². The molecular formula is C14H21BrN2O3S. The normalized spacial score (nSPS) is 13.2. The van der Waals surface area contributed by atoms with Crippen molar-refractivity contribution < 1.29 is 13.2 Å². The minimum absolute atomic E-state index is 0.122. The minimum Gasteiger partial charge on any atom is -0.354 e. The van der Waals surface area contributed by atoms with Gasteiger partial charge in [-0.05, 0) is 53.4 Å². The molecule has 0 radical (unpaired) electrons. The highest BCUT2D eigenvalue weighted by atomic mass is 79.9. The Hall–Kier alpha value is -0.920. The molecule has 1 aromatic carbocycles. The summed E-state index contributed by atoms with van der Waals surface area (Å²) in [6.07, 6.45) is 0. The quantitative estimate of drug-likeness (QED) is 0.798. The van der Waals surface area contributed by atoms with E-state index in [1.54, 1.807) is 12.1 Å². The molecule has 0 aromatic heterocycles. The molecule has 0 saturated heterocycles. The molecule has 0 fully saturated rings. The predicted molar refractivity (Wildman–Crippen MR) is 86.5 cm³/mol. The zero-order valence-corrected chi connectivity index (χ0v) is 15.0. The van der Waals surface area contributed by atoms with Crippen LogP contribution in [0.2, 0.25) is 0 Å². The maximum Gasteiger partial charge on any atom is 0.242 e. The summed E-state index contributed by atoms with van der Waals surface area (Å²) in [5, 5.41) is 2.70. The number of benzene rings is 1. The van der Waals surface area contributed by atoms with Crippen LogP contribution in [0.5, 0.6) is 0 Å². The van der Waals surface area contributed by atoms with Crippen LogP contribution in [0.25, 0.3) is 0 Å². The smallest absolute Gasteiger partial charge is 0.242 e. The molecule has 5 nitrogen and oxygen atoms in total. The van der Waals surface area contributed by atoms with Crippen molar-refractivity contribution in [3.63, 3.8) is 0 Å². The first-order valence-corrected chi connectivity index (χ1v) is 8.97. The van der Waals surface area contributed by atoms with Gasteiger partial charge in [-0.1, -0.05) is 19.9 Å². The summed E-state index contributed by atoms with van der Waals surface area (Å²) in [6, 6.07) is 4.11. The van der Waals surface area contributed by atoms with Crippen molar-refractivity contribution >= 4 is 31.9 Å². The average molecular weight is 377 g/mol. The highest BCUT2D eigenvalue weighted by Crippen LogP contribution is 2.23. The molecule has 1 atom stereocenters. The van der Waals surface area contributed by atoms with E-state index >= 15 is 0 Å². The number of rotatable bonds is 6. The van der Waals surface area contributed by atoms with Crippen LogP contribution in [0.4, 0.5) is 0 Å². The first-order chi connectivity index (χ1) is 9.63. The van der Waals surface area contributed by atoms with Crippen molar-refractivity contribution in [1.29, 1.82) is 0 Å². The van der Waals surface area contributed by atoms with Crippen LogP contribution >= 0.6 is 15.9 Å². The largest absolute Gasteiger partial charge is 0.354 e. The molecule has 1 unspecified atom stereocenters. The molecule has 21 heavy (non-hydrogen) atoms. The number of aryl methyl sites for hydroxylation is 1. The van der Waals surface area contributed by atoms with Gasteiger partial charge in [0.05, 0.1) is 10.9 Å². The molecule has 0 heterocycles. The third-order valence-electron chi connectivity index (χ3n) is 2.79. The van der Waals surface area contributed by atoms with Crippen LogP contribution in [0.1, 0.15) is 26.3 Å². The van der Waals surface area contributed by atoms with E-state index in [-0.39, 0.29) is 10.8 Å². The number of halogens is 1. The van der Waals surface area contributed by atoms with Crippen molar-refractivity contribution in [3.8, 4) is 0 Å². The fourth-order valence-electron chi connectivity index (χ4n) is 1.63. The Morgan fingerprint density at radius 1 is 1.29 bits per heavy atom. The molecule has 1 amide bonds. The molecule has 0 aliphatic rings. The number of carbonyl (C=O) groups is 1. The first kappa shape index (κ1) is 18.1. The van der Waals surface area contributed by atoms with Gasteiger partial charge in [0.2, 0.25) is 15.9 Å². The van der Waals surface area contributed by atoms with E-state index in [1.807, 2.05) is 20.8 Å². The second-order valence-electron chi connectivity index (χ2n) is 5.42. The lowest BCUT2D eigenvalue weighted by molar-refractivity contribution is -0.122. The molecular weight excluding hydrogens is 356 g/mol. The molecule has 0 aliphatic carbocycles. The lowest BCUT2D eigenvalue weighted by Crippen LogP contribution is -2.45. The molecule has 2 N–H and O–H groups in total. The summed E-state index contributed by atoms with van der Waals surface area (Å²) in [6.45, 7) is 7.85. The van der Waals surface area contributed by atoms with Gasteiger partial charge in [0.15, 0.2) is 0 Å². The topological polar surface area (TPSA) is 75.3 Å². The Bertz CT molecular complexity index is 615. The van der Waals surface area contributed by atoms with Crippen LogP contribution in [0, 0.1) is 12.8 Å². The van der Waals surface area contributed by atoms with E-state index < -0.39 is 16.1 Å². The summed E-state index contributed by atoms with van der Waals surface area (Å²) in [5.74, 6) is -0.0282. The molecule has 7 heteroatoms. The standard InChI is InChI=1S/C14H21BrN2O3S/c1-9(2)8-16-14(18)11(4)17-21(19,20)13-6-5-10(3)7-12(13)15/h5-7,9,11,17H,8H2,1-4H3,(H,16,18). The molecule has 1 rings (SSSR count). The third-order valence-corrected chi connectivity index (χ3v) is 5.30. The van der Waals surface area contributed by atoms with E-state index in [9.17, 15) is 13.2 Å². The van der Waals surface area contributed by atoms with E-state index in [0.717, 1.165) is 5.56 Å². The summed E-state index contributed by atoms with van der Waals surface area (Å²) in [4.78, 5) is 12.0. The molecule has 0 spiro atoms. The van der Waals surface area contributed by atoms with Gasteiger partial charge >= 0.3 is 0 Å². The van der Waals surface area contributed by atoms with E-state index in [4.69, 9.17) is 0 Å². The molecule has 0 aliphatic heterocycles. The first-order valence-electron chi connectivity index (χ1n) is 6.69. The number of hydrogen-bond donors (Lipinski definition) is 2. The Balaban J connectivity index is 2.82. The molecule has 0 saturated carbocycles. The van der Waals surface area contributed by atoms with Gasteiger partial charge in [0.1, 0.15) is 0 Å². The molecule has 118 valence electrons. The number of sulfonamides is 1. The summed E-state index contributed by atoms with van der Waals surface area (Å²) >= 11 is 3.24. The van der Waals surface area contributed by atoms with Crippen molar-refractivity contribution in [1.82, 2.24) is 10.0 Å². The Morgan fingerprint density at radius 2 is 1.90 bits per heavy atom. The highest BCUT2D eigenvalue weighted by Gasteiger charge is 2.23. The zero-order chi connectivity index (χ0) is 16.2. The third kappa shape index (κ3) is 5.41. The van der Waals surface area contributed by atoms with Crippen molar-refractivity contribution in [2.45, 2.75) is 38.6 Å². The average Bonchev–Trinajstić information content (AvgIpc) is 2.34. The number of hydrogen-bond acceptors (Lipinski definition) is 3. The van der Waals surface area contributed by atoms with E-state index in [0.29, 0.717) is 16.9 Å². The van der Waals surface area contributed by atoms with Crippen molar-refractivity contribution in [2.24, 2.45) is 5.92 Å². The van der Waals surface area contributed by atoms with Gasteiger partial charge in [-0.15, -0.1) is 0 Å². The monoisotopic (exact) mass is 376 g/mol. The number of carbonyl (C=O) groups excluding carboxylic acids is 1. The van der Waals surface area contributed by atoms with Gasteiger partial charge in [0, 0.05) is 11.0 Å². The number of nitrogens with one attached hydrogen (secondary N) is 2. The fourth-order valence-corrected chi connectivity index (χ4v) is 4.03. The van der Waals surface area contributed by atoms with Gasteiger partial charge in [0.25, 0.3) is 0 Å². The summed E-state index contributed by atoms with van der Waals surface area (Å²) < 4.78 is 27.5. The second kappa shape index (κ2) is 7.38. The lowest BCUT2D eigenvalue weighted by atomic mass is 10.2. The maximum absolute atomic E-state index is 12.3. The Morgan fingerprint density at radius 3 is 2.43 bits per heavy atom. The van der Waals surface area contributed by atoms with E-state index in [1.165, 1.54) is 13.0 Å². The summed E-state index contributed by atoms with van der Waals surface area (Å²) in [5.41, 5.74) is 0.948. The van der Waals surface area contributed by atoms with Crippen LogP contribution in [0.15, 0.2) is 27.6 Å². The van der Waals surface area contributed by atoms with E-state index in [2.05, 4.69) is 26.0 Å². The fraction of sp³-hybridized carbons (Fsp3) is 0.500. The van der Waals surface area contributed by atoms with Crippen LogP contribution in [-0.2, 0) is 14.8 Å². The highest BCUT2D eigenvalue weighted by molar-refractivity contribution is 9.10. The lowest BCUT2D eigenvalue weighted by Gasteiger charge is -2.16. The molecule has 0 bridgehead atoms. The van der Waals surface area contributed by atoms with Gasteiger partial charge in [-0.2, -0.15) is 4.72 Å². The minimum atomic E-state index is -3.75. The number of amides is 1. The Labute approximate surface area is 134 Å². The van der Waals surface area contributed by atoms with Crippen LogP contribution in [-0.4, -0.2) is 26.9 Å². The van der Waals surface area contributed by atoms with Gasteiger partial charge < -0.3 is 5.32 Å². The maximum atomic E-state index is 12.3. The SMILES string of the molecule is Cc1ccc(S(=O)(=O)NC(C)C(=O)NCC(C)C)c(Br)c1. The Kier molecular flexibility index (Phi) is 6.37. The van der Waals surface area contributed by atoms with Crippen molar-refractivity contribution in [2.75, 3.05) is 6.54 Å². The van der Waals surface area contributed by atoms with Crippen LogP contribution in [0.3, 0.4) is 0 Å². The van der Waals surface area contributed by atoms with Crippen molar-refractivity contribution in [3.05, 3.63) is 28.2 Å². The summed E-state index contributed by atoms with van der Waals surface area (Å²) in [7, 11) is -3.75. The zero-order valence-electron chi connectivity index (χ0n) is 12.6. The predicted octanol–water partition coefficient (Wildman–Crippen LogP) is 2.20.